The van der Waals surface area contributed by atoms with Crippen molar-refractivity contribution in [2.24, 2.45) is 5.92 Å². The van der Waals surface area contributed by atoms with E-state index < -0.39 is 0 Å². The summed E-state index contributed by atoms with van der Waals surface area (Å²) in [6.07, 6.45) is 14.6. The van der Waals surface area contributed by atoms with Gasteiger partial charge < -0.3 is 4.98 Å². The second-order valence-corrected chi connectivity index (χ2v) is 3.25. The lowest BCUT2D eigenvalue weighted by molar-refractivity contribution is 0.702. The minimum atomic E-state index is 0.431. The first-order valence-corrected chi connectivity index (χ1v) is 4.52. The van der Waals surface area contributed by atoms with E-state index in [-0.39, 0.29) is 0 Å². The van der Waals surface area contributed by atoms with Crippen LogP contribution in [0.25, 0.3) is 0 Å². The van der Waals surface area contributed by atoms with Gasteiger partial charge in [-0.1, -0.05) is 30.4 Å². The highest BCUT2D eigenvalue weighted by molar-refractivity contribution is 5.30. The van der Waals surface area contributed by atoms with Gasteiger partial charge in [-0.05, 0) is 11.6 Å². The summed E-state index contributed by atoms with van der Waals surface area (Å²) < 4.78 is 0. The van der Waals surface area contributed by atoms with Crippen LogP contribution < -0.4 is 0 Å². The van der Waals surface area contributed by atoms with E-state index in [0.29, 0.717) is 11.8 Å². The van der Waals surface area contributed by atoms with E-state index in [1.807, 2.05) is 18.5 Å². The Kier molecular flexibility index (Phi) is 2.17. The van der Waals surface area contributed by atoms with Crippen LogP contribution in [0.3, 0.4) is 0 Å². The van der Waals surface area contributed by atoms with Crippen LogP contribution in [-0.2, 0) is 0 Å². The van der Waals surface area contributed by atoms with E-state index >= 15 is 0 Å². The molecule has 13 heavy (non-hydrogen) atoms. The molecule has 1 nitrogen and oxygen atoms in total. The van der Waals surface area contributed by atoms with Crippen LogP contribution in [0.5, 0.6) is 0 Å². The maximum atomic E-state index is 3.85. The molecule has 0 aliphatic heterocycles. The monoisotopic (exact) mass is 171 g/mol. The zero-order valence-corrected chi connectivity index (χ0v) is 7.48. The second-order valence-electron chi connectivity index (χ2n) is 3.25. The summed E-state index contributed by atoms with van der Waals surface area (Å²) in [5.41, 5.74) is 1.32. The van der Waals surface area contributed by atoms with Crippen molar-refractivity contribution < 1.29 is 0 Å². The van der Waals surface area contributed by atoms with Crippen molar-refractivity contribution in [3.63, 3.8) is 0 Å². The number of allylic oxidation sites excluding steroid dienone is 5. The zero-order valence-electron chi connectivity index (χ0n) is 7.48. The number of aromatic amines is 1. The van der Waals surface area contributed by atoms with Gasteiger partial charge in [0.1, 0.15) is 0 Å². The fraction of sp³-hybridized carbons (Fsp3) is 0.167. The third-order valence-corrected chi connectivity index (χ3v) is 2.46. The molecule has 2 atom stereocenters. The van der Waals surface area contributed by atoms with Gasteiger partial charge in [0.15, 0.2) is 0 Å². The number of hydrogen-bond acceptors (Lipinski definition) is 0. The zero-order chi connectivity index (χ0) is 9.10. The molecule has 1 heterocycles. The average Bonchev–Trinajstić information content (AvgIpc) is 2.70. The van der Waals surface area contributed by atoms with Gasteiger partial charge in [0, 0.05) is 24.2 Å². The van der Waals surface area contributed by atoms with Crippen molar-refractivity contribution in [1.82, 2.24) is 4.98 Å². The highest BCUT2D eigenvalue weighted by atomic mass is 14.6. The van der Waals surface area contributed by atoms with E-state index in [4.69, 9.17) is 0 Å². The lowest BCUT2D eigenvalue weighted by Crippen LogP contribution is -2.07. The molecule has 0 saturated carbocycles. The standard InChI is InChI=1S/C12H13N/c1-2-10-5-3-4-6-12(10)11-7-8-13-9-11/h2-10,12-13H,1H2. The molecular formula is C12H13N. The largest absolute Gasteiger partial charge is 0.367 e. The molecule has 0 bridgehead atoms. The summed E-state index contributed by atoms with van der Waals surface area (Å²) in [5.74, 6) is 0.884. The summed E-state index contributed by atoms with van der Waals surface area (Å²) in [4.78, 5) is 3.08. The molecule has 0 fully saturated rings. The minimum absolute atomic E-state index is 0.431. The predicted octanol–water partition coefficient (Wildman–Crippen LogP) is 3.03. The van der Waals surface area contributed by atoms with Gasteiger partial charge in [-0.15, -0.1) is 6.58 Å². The summed E-state index contributed by atoms with van der Waals surface area (Å²) >= 11 is 0. The SMILES string of the molecule is C=CC1C=CC=CC1c1cc[nH]c1. The van der Waals surface area contributed by atoms with Crippen LogP contribution in [0.4, 0.5) is 0 Å². The lowest BCUT2D eigenvalue weighted by atomic mass is 9.84. The van der Waals surface area contributed by atoms with Crippen molar-refractivity contribution in [2.45, 2.75) is 5.92 Å². The molecule has 0 spiro atoms. The number of hydrogen-bond donors (Lipinski definition) is 1. The third kappa shape index (κ3) is 1.50. The lowest BCUT2D eigenvalue weighted by Gasteiger charge is -2.19. The second kappa shape index (κ2) is 3.48. The van der Waals surface area contributed by atoms with Gasteiger partial charge in [-0.3, -0.25) is 0 Å². The Morgan fingerprint density at radius 1 is 1.31 bits per heavy atom. The van der Waals surface area contributed by atoms with Gasteiger partial charge >= 0.3 is 0 Å². The van der Waals surface area contributed by atoms with E-state index in [1.165, 1.54) is 5.56 Å². The predicted molar refractivity (Wildman–Crippen MR) is 55.5 cm³/mol. The topological polar surface area (TPSA) is 15.8 Å². The molecule has 1 aromatic heterocycles. The number of rotatable bonds is 2. The van der Waals surface area contributed by atoms with Crippen molar-refractivity contribution in [3.8, 4) is 0 Å². The Bertz CT molecular complexity index is 330. The first-order valence-electron chi connectivity index (χ1n) is 4.52. The first-order chi connectivity index (χ1) is 6.42. The molecule has 1 heteroatoms. The number of nitrogens with one attached hydrogen (secondary N) is 1. The van der Waals surface area contributed by atoms with E-state index in [0.717, 1.165) is 0 Å². The van der Waals surface area contributed by atoms with Crippen molar-refractivity contribution in [1.29, 1.82) is 0 Å². The van der Waals surface area contributed by atoms with Crippen LogP contribution >= 0.6 is 0 Å². The highest BCUT2D eigenvalue weighted by Gasteiger charge is 2.17. The van der Waals surface area contributed by atoms with Gasteiger partial charge in [-0.2, -0.15) is 0 Å². The van der Waals surface area contributed by atoms with Gasteiger partial charge in [0.25, 0.3) is 0 Å². The van der Waals surface area contributed by atoms with E-state index in [2.05, 4.69) is 41.9 Å². The molecule has 0 saturated heterocycles. The molecule has 2 rings (SSSR count). The number of H-pyrrole nitrogens is 1. The van der Waals surface area contributed by atoms with Crippen LogP contribution in [0.2, 0.25) is 0 Å². The average molecular weight is 171 g/mol. The van der Waals surface area contributed by atoms with Crippen molar-refractivity contribution >= 4 is 0 Å². The Balaban J connectivity index is 2.28. The Hall–Kier alpha value is -1.50. The van der Waals surface area contributed by atoms with Gasteiger partial charge in [0.05, 0.1) is 0 Å². The fourth-order valence-corrected chi connectivity index (χ4v) is 1.73. The molecular weight excluding hydrogens is 158 g/mol. The molecule has 0 amide bonds. The maximum Gasteiger partial charge on any atom is 0.0134 e. The molecule has 1 N–H and O–H groups in total. The molecule has 0 radical (unpaired) electrons. The van der Waals surface area contributed by atoms with E-state index in [1.54, 1.807) is 0 Å². The summed E-state index contributed by atoms with van der Waals surface area (Å²) in [6, 6.07) is 2.12. The van der Waals surface area contributed by atoms with Crippen molar-refractivity contribution in [3.05, 3.63) is 61.0 Å². The highest BCUT2D eigenvalue weighted by Crippen LogP contribution is 2.30. The molecule has 0 aromatic carbocycles. The van der Waals surface area contributed by atoms with Crippen LogP contribution in [0.1, 0.15) is 11.5 Å². The van der Waals surface area contributed by atoms with Crippen LogP contribution in [0, 0.1) is 5.92 Å². The van der Waals surface area contributed by atoms with Crippen molar-refractivity contribution in [2.75, 3.05) is 0 Å². The van der Waals surface area contributed by atoms with E-state index in [9.17, 15) is 0 Å². The molecule has 1 aliphatic rings. The van der Waals surface area contributed by atoms with Crippen LogP contribution in [0.15, 0.2) is 55.4 Å². The molecule has 2 unspecified atom stereocenters. The normalized spacial score (nSPS) is 26.2. The Morgan fingerprint density at radius 3 is 2.85 bits per heavy atom. The molecule has 1 aliphatic carbocycles. The quantitative estimate of drug-likeness (QED) is 0.658. The maximum absolute atomic E-state index is 3.85. The fourth-order valence-electron chi connectivity index (χ4n) is 1.73. The van der Waals surface area contributed by atoms with Gasteiger partial charge in [-0.25, -0.2) is 0 Å². The Morgan fingerprint density at radius 2 is 2.15 bits per heavy atom. The third-order valence-electron chi connectivity index (χ3n) is 2.46. The Labute approximate surface area is 78.5 Å². The molecule has 66 valence electrons. The number of aromatic nitrogens is 1. The minimum Gasteiger partial charge on any atom is -0.367 e. The van der Waals surface area contributed by atoms with Gasteiger partial charge in [0.2, 0.25) is 0 Å². The van der Waals surface area contributed by atoms with Crippen LogP contribution in [-0.4, -0.2) is 4.98 Å². The summed E-state index contributed by atoms with van der Waals surface area (Å²) in [5, 5.41) is 0. The summed E-state index contributed by atoms with van der Waals surface area (Å²) in [7, 11) is 0. The summed E-state index contributed by atoms with van der Waals surface area (Å²) in [6.45, 7) is 3.85. The smallest absolute Gasteiger partial charge is 0.0134 e. The molecule has 1 aromatic rings. The first kappa shape index (κ1) is 8.11.